The monoisotopic (exact) mass is 463 g/mol. The molecule has 2 aliphatic heterocycles. The fourth-order valence-corrected chi connectivity index (χ4v) is 5.46. The third-order valence-corrected chi connectivity index (χ3v) is 7.44. The van der Waals surface area contributed by atoms with Crippen LogP contribution < -0.4 is 10.5 Å². The highest BCUT2D eigenvalue weighted by Crippen LogP contribution is 2.40. The van der Waals surface area contributed by atoms with E-state index in [1.165, 1.54) is 11.9 Å². The Morgan fingerprint density at radius 3 is 2.56 bits per heavy atom. The van der Waals surface area contributed by atoms with Crippen molar-refractivity contribution in [1.82, 2.24) is 14.9 Å². The number of hydrogen-bond acceptors (Lipinski definition) is 7. The van der Waals surface area contributed by atoms with Crippen LogP contribution in [0.25, 0.3) is 0 Å². The Kier molecular flexibility index (Phi) is 6.02. The molecule has 1 aromatic carbocycles. The molecule has 1 atom stereocenters. The SMILES string of the molecule is CC1(C)Oc2ncnc(N)c2N=C1c1ccc(C2CCC(CC(=O)N3CCC(O)C3)CC2)cc1. The van der Waals surface area contributed by atoms with Crippen LogP contribution in [0.2, 0.25) is 0 Å². The number of likely N-dealkylation sites (tertiary alicyclic amines) is 1. The van der Waals surface area contributed by atoms with Gasteiger partial charge in [0.25, 0.3) is 0 Å². The second-order valence-electron chi connectivity index (χ2n) is 10.3. The lowest BCUT2D eigenvalue weighted by molar-refractivity contribution is -0.131. The molecule has 1 aliphatic carbocycles. The standard InChI is InChI=1S/C26H33N5O3/c1-26(2)23(30-22-24(27)28-15-29-25(22)34-26)19-9-7-18(8-10-19)17-5-3-16(4-6-17)13-21(33)31-12-11-20(32)14-31/h7-10,15-17,20,32H,3-6,11-14H2,1-2H3,(H2,27,28,29). The first-order valence-corrected chi connectivity index (χ1v) is 12.2. The zero-order valence-electron chi connectivity index (χ0n) is 19.9. The number of carbonyl (C=O) groups is 1. The summed E-state index contributed by atoms with van der Waals surface area (Å²) < 4.78 is 6.09. The van der Waals surface area contributed by atoms with Gasteiger partial charge in [-0.05, 0) is 63.4 Å². The largest absolute Gasteiger partial charge is 0.463 e. The van der Waals surface area contributed by atoms with Crippen LogP contribution in [-0.4, -0.2) is 56.4 Å². The number of anilines is 1. The lowest BCUT2D eigenvalue weighted by Gasteiger charge is -2.32. The van der Waals surface area contributed by atoms with Gasteiger partial charge in [0.15, 0.2) is 11.5 Å². The third kappa shape index (κ3) is 4.51. The quantitative estimate of drug-likeness (QED) is 0.716. The molecule has 3 heterocycles. The molecular formula is C26H33N5O3. The Labute approximate surface area is 200 Å². The molecule has 8 nitrogen and oxygen atoms in total. The summed E-state index contributed by atoms with van der Waals surface area (Å²) in [6, 6.07) is 8.60. The van der Waals surface area contributed by atoms with E-state index >= 15 is 0 Å². The number of fused-ring (bicyclic) bond motifs is 1. The van der Waals surface area contributed by atoms with Crippen LogP contribution in [0.1, 0.15) is 69.4 Å². The predicted octanol–water partition coefficient (Wildman–Crippen LogP) is 3.61. The molecule has 1 unspecified atom stereocenters. The summed E-state index contributed by atoms with van der Waals surface area (Å²) in [5.74, 6) is 1.88. The maximum atomic E-state index is 12.5. The van der Waals surface area contributed by atoms with Crippen molar-refractivity contribution in [2.24, 2.45) is 10.9 Å². The number of aliphatic imine (C=N–C) groups is 1. The molecule has 0 spiro atoms. The third-order valence-electron chi connectivity index (χ3n) is 7.44. The molecule has 34 heavy (non-hydrogen) atoms. The highest BCUT2D eigenvalue weighted by atomic mass is 16.5. The number of ether oxygens (including phenoxy) is 1. The summed E-state index contributed by atoms with van der Waals surface area (Å²) in [6.07, 6.45) is 6.68. The van der Waals surface area contributed by atoms with E-state index in [0.717, 1.165) is 37.0 Å². The van der Waals surface area contributed by atoms with Gasteiger partial charge in [-0.3, -0.25) is 4.79 Å². The molecule has 1 saturated carbocycles. The van der Waals surface area contributed by atoms with Gasteiger partial charge in [-0.1, -0.05) is 24.3 Å². The number of carbonyl (C=O) groups excluding carboxylic acids is 1. The first-order chi connectivity index (χ1) is 16.3. The molecule has 180 valence electrons. The van der Waals surface area contributed by atoms with Crippen molar-refractivity contribution in [3.63, 3.8) is 0 Å². The number of aliphatic hydroxyl groups is 1. The lowest BCUT2D eigenvalue weighted by Crippen LogP contribution is -2.41. The maximum Gasteiger partial charge on any atom is 0.246 e. The van der Waals surface area contributed by atoms with Gasteiger partial charge in [0, 0.05) is 25.1 Å². The number of nitrogens with zero attached hydrogens (tertiary/aromatic N) is 4. The highest BCUT2D eigenvalue weighted by molar-refractivity contribution is 6.09. The van der Waals surface area contributed by atoms with Crippen molar-refractivity contribution in [1.29, 1.82) is 0 Å². The van der Waals surface area contributed by atoms with Crippen LogP contribution in [0, 0.1) is 5.92 Å². The summed E-state index contributed by atoms with van der Waals surface area (Å²) in [4.78, 5) is 27.3. The van der Waals surface area contributed by atoms with E-state index < -0.39 is 5.60 Å². The van der Waals surface area contributed by atoms with Gasteiger partial charge in [0.05, 0.1) is 11.8 Å². The number of rotatable bonds is 4. The second-order valence-corrected chi connectivity index (χ2v) is 10.3. The van der Waals surface area contributed by atoms with Crippen LogP contribution in [0.3, 0.4) is 0 Å². The van der Waals surface area contributed by atoms with Gasteiger partial charge in [0.1, 0.15) is 11.9 Å². The minimum absolute atomic E-state index is 0.204. The van der Waals surface area contributed by atoms with Crippen LogP contribution >= 0.6 is 0 Å². The average molecular weight is 464 g/mol. The van der Waals surface area contributed by atoms with E-state index in [1.54, 1.807) is 0 Å². The molecule has 1 amide bonds. The van der Waals surface area contributed by atoms with E-state index in [-0.39, 0.29) is 12.0 Å². The minimum Gasteiger partial charge on any atom is -0.463 e. The van der Waals surface area contributed by atoms with Crippen molar-refractivity contribution in [3.05, 3.63) is 41.7 Å². The number of aromatic nitrogens is 2. The molecule has 0 radical (unpaired) electrons. The zero-order valence-corrected chi connectivity index (χ0v) is 19.9. The number of nitrogens with two attached hydrogens (primary N) is 1. The molecule has 1 saturated heterocycles. The Balaban J connectivity index is 1.23. The van der Waals surface area contributed by atoms with E-state index in [4.69, 9.17) is 15.5 Å². The summed E-state index contributed by atoms with van der Waals surface area (Å²) in [5.41, 5.74) is 8.98. The molecule has 1 aromatic heterocycles. The number of β-amino-alcohol motifs (C(OH)–C–C–N with tert-alkyl or cyclic N) is 1. The average Bonchev–Trinajstić information content (AvgIpc) is 3.25. The Morgan fingerprint density at radius 2 is 1.88 bits per heavy atom. The van der Waals surface area contributed by atoms with Crippen molar-refractivity contribution >= 4 is 23.1 Å². The fraction of sp³-hybridized carbons (Fsp3) is 0.538. The van der Waals surface area contributed by atoms with Crippen LogP contribution in [0.5, 0.6) is 5.88 Å². The van der Waals surface area contributed by atoms with Gasteiger partial charge < -0.3 is 20.5 Å². The van der Waals surface area contributed by atoms with E-state index in [9.17, 15) is 9.90 Å². The molecule has 5 rings (SSSR count). The predicted molar refractivity (Wildman–Crippen MR) is 130 cm³/mol. The number of aliphatic hydroxyl groups excluding tert-OH is 1. The Morgan fingerprint density at radius 1 is 1.15 bits per heavy atom. The van der Waals surface area contributed by atoms with E-state index in [1.807, 2.05) is 18.7 Å². The summed E-state index contributed by atoms with van der Waals surface area (Å²) in [6.45, 7) is 5.15. The van der Waals surface area contributed by atoms with Crippen LogP contribution in [0.4, 0.5) is 11.5 Å². The zero-order chi connectivity index (χ0) is 23.9. The number of nitrogen functional groups attached to an aromatic ring is 1. The molecule has 8 heteroatoms. The molecule has 3 aliphatic rings. The normalized spacial score (nSPS) is 25.9. The smallest absolute Gasteiger partial charge is 0.246 e. The van der Waals surface area contributed by atoms with Crippen LogP contribution in [-0.2, 0) is 4.79 Å². The van der Waals surface area contributed by atoms with Gasteiger partial charge >= 0.3 is 0 Å². The Bertz CT molecular complexity index is 1090. The van der Waals surface area contributed by atoms with Gasteiger partial charge in [0.2, 0.25) is 11.8 Å². The number of benzene rings is 1. The second kappa shape index (κ2) is 8.98. The fourth-order valence-electron chi connectivity index (χ4n) is 5.46. The van der Waals surface area contributed by atoms with Gasteiger partial charge in [-0.15, -0.1) is 0 Å². The molecule has 0 bridgehead atoms. The molecule has 2 aromatic rings. The topological polar surface area (TPSA) is 114 Å². The van der Waals surface area contributed by atoms with Gasteiger partial charge in [-0.25, -0.2) is 9.98 Å². The minimum atomic E-state index is -0.634. The first-order valence-electron chi connectivity index (χ1n) is 12.2. The summed E-state index contributed by atoms with van der Waals surface area (Å²) in [5, 5.41) is 9.68. The number of amides is 1. The van der Waals surface area contributed by atoms with E-state index in [0.29, 0.717) is 55.2 Å². The summed E-state index contributed by atoms with van der Waals surface area (Å²) in [7, 11) is 0. The van der Waals surface area contributed by atoms with Crippen molar-refractivity contribution in [2.45, 2.75) is 70.0 Å². The van der Waals surface area contributed by atoms with E-state index in [2.05, 4.69) is 34.2 Å². The Hall–Kier alpha value is -3.00. The summed E-state index contributed by atoms with van der Waals surface area (Å²) >= 11 is 0. The highest BCUT2D eigenvalue weighted by Gasteiger charge is 2.35. The van der Waals surface area contributed by atoms with Gasteiger partial charge in [-0.2, -0.15) is 4.98 Å². The van der Waals surface area contributed by atoms with Crippen molar-refractivity contribution in [3.8, 4) is 5.88 Å². The first kappa shape index (κ1) is 22.8. The molecule has 3 N–H and O–H groups in total. The molecule has 2 fully saturated rings. The lowest BCUT2D eigenvalue weighted by atomic mass is 9.77. The van der Waals surface area contributed by atoms with Crippen molar-refractivity contribution < 1.29 is 14.6 Å². The van der Waals surface area contributed by atoms with Crippen LogP contribution in [0.15, 0.2) is 35.6 Å². The maximum absolute atomic E-state index is 12.5. The number of hydrogen-bond donors (Lipinski definition) is 2. The molecular weight excluding hydrogens is 430 g/mol. The van der Waals surface area contributed by atoms with Crippen molar-refractivity contribution in [2.75, 3.05) is 18.8 Å².